The van der Waals surface area contributed by atoms with Gasteiger partial charge in [0.25, 0.3) is 5.91 Å². The van der Waals surface area contributed by atoms with Crippen molar-refractivity contribution in [1.82, 2.24) is 0 Å². The van der Waals surface area contributed by atoms with E-state index in [0.29, 0.717) is 10.6 Å². The topological polar surface area (TPSA) is 63.7 Å². The number of benzene rings is 2. The van der Waals surface area contributed by atoms with Gasteiger partial charge in [0, 0.05) is 19.0 Å². The van der Waals surface area contributed by atoms with E-state index in [0.717, 1.165) is 0 Å². The van der Waals surface area contributed by atoms with Gasteiger partial charge < -0.3 is 9.64 Å². The molecule has 0 fully saturated rings. The van der Waals surface area contributed by atoms with Crippen LogP contribution in [-0.2, 0) is 20.3 Å². The molecule has 0 bridgehead atoms. The molecule has 0 saturated heterocycles. The summed E-state index contributed by atoms with van der Waals surface area (Å²) < 4.78 is 17.0. The number of nitrogens with zero attached hydrogens (tertiary/aromatic N) is 1. The molecule has 2 rings (SSSR count). The van der Waals surface area contributed by atoms with Crippen molar-refractivity contribution in [3.8, 4) is 0 Å². The van der Waals surface area contributed by atoms with Gasteiger partial charge >= 0.3 is 5.97 Å². The molecule has 0 unspecified atom stereocenters. The van der Waals surface area contributed by atoms with Crippen LogP contribution in [0.4, 0.5) is 5.69 Å². The van der Waals surface area contributed by atoms with Crippen molar-refractivity contribution in [3.63, 3.8) is 0 Å². The minimum Gasteiger partial charge on any atom is -0.449 e. The number of rotatable bonds is 5. The third kappa shape index (κ3) is 4.08. The summed E-state index contributed by atoms with van der Waals surface area (Å²) in [7, 11) is 0.301. The second kappa shape index (κ2) is 7.88. The highest BCUT2D eigenvalue weighted by atomic mass is 32.2. The van der Waals surface area contributed by atoms with Crippen LogP contribution in [0.3, 0.4) is 0 Å². The van der Waals surface area contributed by atoms with Crippen LogP contribution in [-0.4, -0.2) is 35.5 Å². The number of esters is 1. The van der Waals surface area contributed by atoms with Crippen LogP contribution >= 0.6 is 0 Å². The highest BCUT2D eigenvalue weighted by Crippen LogP contribution is 2.17. The molecule has 2 atom stereocenters. The van der Waals surface area contributed by atoms with Crippen molar-refractivity contribution in [2.45, 2.75) is 17.9 Å². The molecule has 0 aliphatic heterocycles. The molecule has 0 aliphatic carbocycles. The van der Waals surface area contributed by atoms with Crippen molar-refractivity contribution in [1.29, 1.82) is 0 Å². The number of carbonyl (C=O) groups is 2. The van der Waals surface area contributed by atoms with Gasteiger partial charge in [0.2, 0.25) is 0 Å². The van der Waals surface area contributed by atoms with Crippen molar-refractivity contribution in [3.05, 3.63) is 60.2 Å². The van der Waals surface area contributed by atoms with Gasteiger partial charge in [0.15, 0.2) is 6.10 Å². The van der Waals surface area contributed by atoms with Crippen molar-refractivity contribution >= 4 is 28.4 Å². The van der Waals surface area contributed by atoms with Crippen molar-refractivity contribution < 1.29 is 18.5 Å². The Morgan fingerprint density at radius 3 is 2.25 bits per heavy atom. The summed E-state index contributed by atoms with van der Waals surface area (Å²) >= 11 is 0. The molecular weight excluding hydrogens is 326 g/mol. The molecule has 1 amide bonds. The minimum atomic E-state index is -1.32. The lowest BCUT2D eigenvalue weighted by Gasteiger charge is -2.21. The standard InChI is InChI=1S/C18H19NO4S/c1-13(17(20)19(2)14-9-5-4-6-10-14)23-18(21)15-11-7-8-12-16(15)24(3)22/h4-13H,1-3H3/t13-,24-/m0/s1. The van der Waals surface area contributed by atoms with Crippen LogP contribution in [0, 0.1) is 0 Å². The zero-order valence-corrected chi connectivity index (χ0v) is 14.6. The molecule has 0 radical (unpaired) electrons. The SMILES string of the molecule is C[C@H](OC(=O)c1ccccc1[S@](C)=O)C(=O)N(C)c1ccccc1. The first kappa shape index (κ1) is 17.9. The predicted molar refractivity (Wildman–Crippen MR) is 93.5 cm³/mol. The number of anilines is 1. The Kier molecular flexibility index (Phi) is 5.87. The molecule has 6 heteroatoms. The quantitative estimate of drug-likeness (QED) is 0.782. The molecular formula is C18H19NO4S. The zero-order chi connectivity index (χ0) is 17.7. The molecule has 0 N–H and O–H groups in total. The Labute approximate surface area is 143 Å². The zero-order valence-electron chi connectivity index (χ0n) is 13.8. The molecule has 5 nitrogen and oxygen atoms in total. The Hall–Kier alpha value is -2.47. The van der Waals surface area contributed by atoms with E-state index in [1.807, 2.05) is 18.2 Å². The number of likely N-dealkylation sites (N-methyl/N-ethyl adjacent to an activating group) is 1. The van der Waals surface area contributed by atoms with Crippen LogP contribution in [0.1, 0.15) is 17.3 Å². The molecule has 2 aromatic carbocycles. The van der Waals surface area contributed by atoms with Crippen LogP contribution in [0.2, 0.25) is 0 Å². The summed E-state index contributed by atoms with van der Waals surface area (Å²) in [5.41, 5.74) is 0.917. The van der Waals surface area contributed by atoms with Gasteiger partial charge in [-0.25, -0.2) is 4.79 Å². The second-order valence-electron chi connectivity index (χ2n) is 5.23. The van der Waals surface area contributed by atoms with Crippen molar-refractivity contribution in [2.75, 3.05) is 18.2 Å². The lowest BCUT2D eigenvalue weighted by molar-refractivity contribution is -0.126. The van der Waals surface area contributed by atoms with E-state index >= 15 is 0 Å². The van der Waals surface area contributed by atoms with E-state index in [9.17, 15) is 13.8 Å². The molecule has 2 aromatic rings. The van der Waals surface area contributed by atoms with Crippen molar-refractivity contribution in [2.24, 2.45) is 0 Å². The Morgan fingerprint density at radius 2 is 1.62 bits per heavy atom. The lowest BCUT2D eigenvalue weighted by atomic mass is 10.2. The lowest BCUT2D eigenvalue weighted by Crippen LogP contribution is -2.37. The largest absolute Gasteiger partial charge is 0.449 e. The molecule has 0 aromatic heterocycles. The second-order valence-corrected chi connectivity index (χ2v) is 6.58. The van der Waals surface area contributed by atoms with Gasteiger partial charge in [0.1, 0.15) is 0 Å². The van der Waals surface area contributed by atoms with Crippen LogP contribution < -0.4 is 4.90 Å². The van der Waals surface area contributed by atoms with Gasteiger partial charge in [-0.3, -0.25) is 9.00 Å². The van der Waals surface area contributed by atoms with E-state index in [1.165, 1.54) is 24.1 Å². The molecule has 0 spiro atoms. The Bertz CT molecular complexity index is 761. The fourth-order valence-electron chi connectivity index (χ4n) is 2.21. The maximum atomic E-state index is 12.4. The highest BCUT2D eigenvalue weighted by Gasteiger charge is 2.24. The molecule has 0 heterocycles. The minimum absolute atomic E-state index is 0.209. The maximum Gasteiger partial charge on any atom is 0.340 e. The average molecular weight is 345 g/mol. The number of hydrogen-bond acceptors (Lipinski definition) is 4. The Morgan fingerprint density at radius 1 is 1.04 bits per heavy atom. The van der Waals surface area contributed by atoms with Crippen LogP contribution in [0.15, 0.2) is 59.5 Å². The summed E-state index contributed by atoms with van der Waals surface area (Å²) in [6.45, 7) is 1.52. The summed E-state index contributed by atoms with van der Waals surface area (Å²) in [5.74, 6) is -1.01. The van der Waals surface area contributed by atoms with E-state index in [4.69, 9.17) is 4.74 Å². The van der Waals surface area contributed by atoms with Gasteiger partial charge in [-0.05, 0) is 31.2 Å². The van der Waals surface area contributed by atoms with E-state index in [2.05, 4.69) is 0 Å². The van der Waals surface area contributed by atoms with E-state index in [-0.39, 0.29) is 11.5 Å². The monoisotopic (exact) mass is 345 g/mol. The fraction of sp³-hybridized carbons (Fsp3) is 0.222. The molecule has 24 heavy (non-hydrogen) atoms. The highest BCUT2D eigenvalue weighted by molar-refractivity contribution is 7.84. The predicted octanol–water partition coefficient (Wildman–Crippen LogP) is 2.63. The molecule has 0 saturated carbocycles. The van der Waals surface area contributed by atoms with Gasteiger partial charge in [-0.15, -0.1) is 0 Å². The number of para-hydroxylation sites is 1. The number of hydrogen-bond donors (Lipinski definition) is 0. The third-order valence-electron chi connectivity index (χ3n) is 3.52. The van der Waals surface area contributed by atoms with Gasteiger partial charge in [-0.1, -0.05) is 30.3 Å². The van der Waals surface area contributed by atoms with E-state index < -0.39 is 22.9 Å². The van der Waals surface area contributed by atoms with Crippen LogP contribution in [0.5, 0.6) is 0 Å². The first-order chi connectivity index (χ1) is 11.4. The Balaban J connectivity index is 2.12. The first-order valence-corrected chi connectivity index (χ1v) is 8.93. The average Bonchev–Trinajstić information content (AvgIpc) is 2.61. The summed E-state index contributed by atoms with van der Waals surface area (Å²) in [4.78, 5) is 26.6. The first-order valence-electron chi connectivity index (χ1n) is 7.38. The number of carbonyl (C=O) groups excluding carboxylic acids is 2. The smallest absolute Gasteiger partial charge is 0.340 e. The van der Waals surface area contributed by atoms with Gasteiger partial charge in [0.05, 0.1) is 21.3 Å². The summed E-state index contributed by atoms with van der Waals surface area (Å²) in [5, 5.41) is 0. The molecule has 126 valence electrons. The number of amides is 1. The third-order valence-corrected chi connectivity index (χ3v) is 4.50. The summed E-state index contributed by atoms with van der Waals surface area (Å²) in [6, 6.07) is 15.6. The normalized spacial score (nSPS) is 13.0. The maximum absolute atomic E-state index is 12.4. The van der Waals surface area contributed by atoms with Gasteiger partial charge in [-0.2, -0.15) is 0 Å². The van der Waals surface area contributed by atoms with E-state index in [1.54, 1.807) is 37.4 Å². The number of ether oxygens (including phenoxy) is 1. The summed E-state index contributed by atoms with van der Waals surface area (Å²) in [6.07, 6.45) is 0.533. The molecule has 0 aliphatic rings. The van der Waals surface area contributed by atoms with Crippen LogP contribution in [0.25, 0.3) is 0 Å². The fourth-order valence-corrected chi connectivity index (χ4v) is 2.94.